The Hall–Kier alpha value is -1.14. The van der Waals surface area contributed by atoms with E-state index in [2.05, 4.69) is 10.1 Å². The highest BCUT2D eigenvalue weighted by Crippen LogP contribution is 2.42. The molecule has 0 spiro atoms. The highest BCUT2D eigenvalue weighted by molar-refractivity contribution is 6.35. The van der Waals surface area contributed by atoms with E-state index >= 15 is 0 Å². The summed E-state index contributed by atoms with van der Waals surface area (Å²) in [5.74, 6) is -0.992. The number of benzene rings is 1. The van der Waals surface area contributed by atoms with Gasteiger partial charge in [-0.3, -0.25) is 0 Å². The first-order chi connectivity index (χ1) is 10.00. The van der Waals surface area contributed by atoms with Gasteiger partial charge in [0.2, 0.25) is 5.79 Å². The molecule has 1 aliphatic rings. The number of aromatic nitrogens is 3. The molecule has 0 amide bonds. The van der Waals surface area contributed by atoms with E-state index in [4.69, 9.17) is 32.7 Å². The van der Waals surface area contributed by atoms with E-state index in [9.17, 15) is 0 Å². The van der Waals surface area contributed by atoms with Crippen LogP contribution in [0.15, 0.2) is 30.9 Å². The molecule has 0 aliphatic carbocycles. The zero-order valence-electron chi connectivity index (χ0n) is 11.7. The molecular weight excluding hydrogens is 313 g/mol. The number of ether oxygens (including phenoxy) is 2. The lowest BCUT2D eigenvalue weighted by Crippen LogP contribution is -2.34. The second-order valence-corrected chi connectivity index (χ2v) is 5.96. The van der Waals surface area contributed by atoms with Gasteiger partial charge in [-0.2, -0.15) is 5.10 Å². The van der Waals surface area contributed by atoms with E-state index < -0.39 is 5.79 Å². The molecule has 2 aromatic rings. The molecule has 0 radical (unpaired) electrons. The third-order valence-electron chi connectivity index (χ3n) is 3.59. The highest BCUT2D eigenvalue weighted by atomic mass is 35.5. The molecule has 1 saturated heterocycles. The van der Waals surface area contributed by atoms with Gasteiger partial charge in [-0.15, -0.1) is 0 Å². The molecule has 1 aromatic carbocycles. The molecule has 0 unspecified atom stereocenters. The molecule has 0 N–H and O–H groups in total. The van der Waals surface area contributed by atoms with Crippen LogP contribution in [-0.2, 0) is 21.8 Å². The van der Waals surface area contributed by atoms with Crippen LogP contribution in [0.4, 0.5) is 0 Å². The van der Waals surface area contributed by atoms with Crippen molar-refractivity contribution in [2.45, 2.75) is 38.4 Å². The van der Waals surface area contributed by atoms with E-state index in [-0.39, 0.29) is 12.2 Å². The summed E-state index contributed by atoms with van der Waals surface area (Å²) in [6, 6.07) is 5.28. The Kier molecular flexibility index (Phi) is 3.92. The molecule has 3 rings (SSSR count). The molecule has 2 heterocycles. The second kappa shape index (κ2) is 5.57. The Morgan fingerprint density at radius 1 is 1.24 bits per heavy atom. The van der Waals surface area contributed by atoms with E-state index in [0.717, 1.165) is 5.56 Å². The number of hydrogen-bond acceptors (Lipinski definition) is 4. The Bertz CT molecular complexity index is 623. The predicted octanol–water partition coefficient (Wildman–Crippen LogP) is 3.26. The molecule has 5 nitrogen and oxygen atoms in total. The van der Waals surface area contributed by atoms with Gasteiger partial charge in [-0.1, -0.05) is 29.3 Å². The fourth-order valence-corrected chi connectivity index (χ4v) is 2.99. The second-order valence-electron chi connectivity index (χ2n) is 5.12. The predicted molar refractivity (Wildman–Crippen MR) is 79.3 cm³/mol. The summed E-state index contributed by atoms with van der Waals surface area (Å²) in [4.78, 5) is 3.95. The first-order valence-corrected chi connectivity index (χ1v) is 7.39. The lowest BCUT2D eigenvalue weighted by atomic mass is 10.1. The zero-order chi connectivity index (χ0) is 15.0. The largest absolute Gasteiger partial charge is 0.339 e. The number of nitrogens with zero attached hydrogens (tertiary/aromatic N) is 3. The summed E-state index contributed by atoms with van der Waals surface area (Å²) < 4.78 is 13.9. The Labute approximate surface area is 132 Å². The standard InChI is InChI=1S/C14H15Cl2N3O2/c1-9-10(2)21-14(20-9,6-19-8-17-7-18-19)12-4-3-11(15)5-13(12)16/h3-5,7-10H,6H2,1-2H3/t9-,10-/m1/s1. The van der Waals surface area contributed by atoms with Crippen molar-refractivity contribution in [2.75, 3.05) is 0 Å². The van der Waals surface area contributed by atoms with Crippen LogP contribution in [0.1, 0.15) is 19.4 Å². The third kappa shape index (κ3) is 2.79. The maximum Gasteiger partial charge on any atom is 0.217 e. The molecule has 1 fully saturated rings. The fraction of sp³-hybridized carbons (Fsp3) is 0.429. The van der Waals surface area contributed by atoms with Gasteiger partial charge in [0.1, 0.15) is 19.2 Å². The van der Waals surface area contributed by atoms with Crippen LogP contribution in [0, 0.1) is 0 Å². The van der Waals surface area contributed by atoms with E-state index in [1.54, 1.807) is 23.1 Å². The van der Waals surface area contributed by atoms with Crippen molar-refractivity contribution < 1.29 is 9.47 Å². The normalized spacial score (nSPS) is 24.4. The van der Waals surface area contributed by atoms with Gasteiger partial charge in [0, 0.05) is 10.6 Å². The van der Waals surface area contributed by atoms with Gasteiger partial charge in [-0.05, 0) is 26.0 Å². The van der Waals surface area contributed by atoms with Crippen molar-refractivity contribution in [1.29, 1.82) is 0 Å². The summed E-state index contributed by atoms with van der Waals surface area (Å²) >= 11 is 12.3. The lowest BCUT2D eigenvalue weighted by Gasteiger charge is -2.29. The maximum atomic E-state index is 6.34. The summed E-state index contributed by atoms with van der Waals surface area (Å²) in [5.41, 5.74) is 0.736. The lowest BCUT2D eigenvalue weighted by molar-refractivity contribution is -0.193. The Balaban J connectivity index is 2.04. The average Bonchev–Trinajstić information content (AvgIpc) is 2.99. The van der Waals surface area contributed by atoms with Crippen molar-refractivity contribution in [2.24, 2.45) is 0 Å². The topological polar surface area (TPSA) is 49.2 Å². The summed E-state index contributed by atoms with van der Waals surface area (Å²) in [6.07, 6.45) is 2.98. The van der Waals surface area contributed by atoms with Gasteiger partial charge in [0.15, 0.2) is 0 Å². The van der Waals surface area contributed by atoms with E-state index in [1.807, 2.05) is 19.9 Å². The minimum Gasteiger partial charge on any atom is -0.339 e. The highest BCUT2D eigenvalue weighted by Gasteiger charge is 2.47. The number of hydrogen-bond donors (Lipinski definition) is 0. The SMILES string of the molecule is C[C@H]1OC(Cn2cncn2)(c2ccc(Cl)cc2Cl)O[C@@H]1C. The van der Waals surface area contributed by atoms with Crippen molar-refractivity contribution >= 4 is 23.2 Å². The first kappa shape index (κ1) is 14.8. The molecule has 1 aliphatic heterocycles. The van der Waals surface area contributed by atoms with Gasteiger partial charge >= 0.3 is 0 Å². The zero-order valence-corrected chi connectivity index (χ0v) is 13.2. The fourth-order valence-electron chi connectivity index (χ4n) is 2.43. The van der Waals surface area contributed by atoms with Crippen LogP contribution >= 0.6 is 23.2 Å². The summed E-state index contributed by atoms with van der Waals surface area (Å²) in [6.45, 7) is 4.30. The Morgan fingerprint density at radius 3 is 2.52 bits per heavy atom. The first-order valence-electron chi connectivity index (χ1n) is 6.64. The van der Waals surface area contributed by atoms with E-state index in [0.29, 0.717) is 16.6 Å². The molecule has 2 atom stereocenters. The van der Waals surface area contributed by atoms with Gasteiger partial charge in [-0.25, -0.2) is 9.67 Å². The average molecular weight is 328 g/mol. The molecule has 0 bridgehead atoms. The molecule has 21 heavy (non-hydrogen) atoms. The third-order valence-corrected chi connectivity index (χ3v) is 4.14. The van der Waals surface area contributed by atoms with Crippen LogP contribution in [0.3, 0.4) is 0 Å². The molecule has 112 valence electrons. The van der Waals surface area contributed by atoms with Crippen LogP contribution in [-0.4, -0.2) is 27.0 Å². The summed E-state index contributed by atoms with van der Waals surface area (Å²) in [5, 5.41) is 5.20. The summed E-state index contributed by atoms with van der Waals surface area (Å²) in [7, 11) is 0. The number of halogens is 2. The quantitative estimate of drug-likeness (QED) is 0.868. The minimum atomic E-state index is -0.992. The van der Waals surface area contributed by atoms with Crippen LogP contribution in [0.25, 0.3) is 0 Å². The van der Waals surface area contributed by atoms with Crippen molar-refractivity contribution in [1.82, 2.24) is 14.8 Å². The van der Waals surface area contributed by atoms with Crippen LogP contribution in [0.2, 0.25) is 10.0 Å². The van der Waals surface area contributed by atoms with Crippen LogP contribution < -0.4 is 0 Å². The minimum absolute atomic E-state index is 0.0553. The van der Waals surface area contributed by atoms with Crippen molar-refractivity contribution in [3.05, 3.63) is 46.5 Å². The van der Waals surface area contributed by atoms with Gasteiger partial charge in [0.05, 0.1) is 17.2 Å². The van der Waals surface area contributed by atoms with Gasteiger partial charge < -0.3 is 9.47 Å². The Morgan fingerprint density at radius 2 is 1.95 bits per heavy atom. The van der Waals surface area contributed by atoms with Crippen molar-refractivity contribution in [3.63, 3.8) is 0 Å². The molecular formula is C14H15Cl2N3O2. The molecule has 7 heteroatoms. The smallest absolute Gasteiger partial charge is 0.217 e. The monoisotopic (exact) mass is 327 g/mol. The van der Waals surface area contributed by atoms with Crippen LogP contribution in [0.5, 0.6) is 0 Å². The van der Waals surface area contributed by atoms with E-state index in [1.165, 1.54) is 6.33 Å². The van der Waals surface area contributed by atoms with Crippen molar-refractivity contribution in [3.8, 4) is 0 Å². The molecule has 1 aromatic heterocycles. The number of rotatable bonds is 3. The molecule has 0 saturated carbocycles. The van der Waals surface area contributed by atoms with Gasteiger partial charge in [0.25, 0.3) is 0 Å². The maximum absolute atomic E-state index is 6.34.